The molecule has 5 heteroatoms. The van der Waals surface area contributed by atoms with Crippen molar-refractivity contribution < 1.29 is 18.7 Å². The molecule has 3 aromatic carbocycles. The van der Waals surface area contributed by atoms with Gasteiger partial charge in [0.1, 0.15) is 11.6 Å². The Hall–Kier alpha value is -2.47. The maximum Gasteiger partial charge on any atom is 0.258 e. The summed E-state index contributed by atoms with van der Waals surface area (Å²) in [6.07, 6.45) is 6.15. The number of hydrogen-bond acceptors (Lipinski definition) is 3. The van der Waals surface area contributed by atoms with Crippen molar-refractivity contribution >= 4 is 8.32 Å². The molecule has 1 aliphatic rings. The monoisotopic (exact) mass is 618 g/mol. The largest absolute Gasteiger partial charge is 0.542 e. The van der Waals surface area contributed by atoms with Gasteiger partial charge in [-0.05, 0) is 88.5 Å². The number of halogens is 1. The molecule has 0 aliphatic heterocycles. The van der Waals surface area contributed by atoms with E-state index in [2.05, 4.69) is 60.6 Å². The maximum atomic E-state index is 15.8. The molecule has 1 N–H and O–H groups in total. The molecule has 0 saturated heterocycles. The zero-order valence-electron chi connectivity index (χ0n) is 28.1. The van der Waals surface area contributed by atoms with Crippen molar-refractivity contribution in [3.63, 3.8) is 0 Å². The predicted octanol–water partition coefficient (Wildman–Crippen LogP) is 10.9. The smallest absolute Gasteiger partial charge is 0.258 e. The first-order valence-electron chi connectivity index (χ1n) is 17.0. The Balaban J connectivity index is 1.67. The van der Waals surface area contributed by atoms with E-state index in [1.54, 1.807) is 6.07 Å². The van der Waals surface area contributed by atoms with Crippen molar-refractivity contribution in [2.45, 2.75) is 122 Å². The first kappa shape index (κ1) is 34.4. The fourth-order valence-corrected chi connectivity index (χ4v) is 12.9. The van der Waals surface area contributed by atoms with Crippen molar-refractivity contribution in [3.05, 3.63) is 89.2 Å². The van der Waals surface area contributed by atoms with Gasteiger partial charge in [-0.3, -0.25) is 0 Å². The molecule has 44 heavy (non-hydrogen) atoms. The van der Waals surface area contributed by atoms with Crippen molar-refractivity contribution in [1.29, 1.82) is 0 Å². The lowest BCUT2D eigenvalue weighted by atomic mass is 9.77. The van der Waals surface area contributed by atoms with E-state index in [1.807, 2.05) is 48.5 Å². The van der Waals surface area contributed by atoms with Gasteiger partial charge in [-0.15, -0.1) is 0 Å². The molecule has 0 radical (unpaired) electrons. The van der Waals surface area contributed by atoms with Crippen LogP contribution in [0.2, 0.25) is 16.6 Å². The molecule has 1 saturated carbocycles. The van der Waals surface area contributed by atoms with Gasteiger partial charge in [0.05, 0.1) is 19.3 Å². The summed E-state index contributed by atoms with van der Waals surface area (Å²) in [4.78, 5) is 0. The fraction of sp³-hybridized carbons (Fsp3) is 0.538. The van der Waals surface area contributed by atoms with Gasteiger partial charge in [0.2, 0.25) is 0 Å². The standard InChI is InChI=1S/C39H55FO3Si/c1-8-30-14-16-32(17-15-30)33-20-21-37(38(40)23-33)34-18-19-35(22-36(25-41)42-26-31-12-10-9-11-13-31)39(24-34)43-44(27(2)3,28(4)5)29(6)7/h9-13,18-21,23-24,27-30,32,36,41H,8,14-17,22,25-26H2,1-7H3. The summed E-state index contributed by atoms with van der Waals surface area (Å²) in [5.41, 5.74) is 5.79. The van der Waals surface area contributed by atoms with E-state index in [0.29, 0.717) is 41.1 Å². The van der Waals surface area contributed by atoms with Crippen LogP contribution >= 0.6 is 0 Å². The Labute approximate surface area is 267 Å². The van der Waals surface area contributed by atoms with Crippen LogP contribution in [0.25, 0.3) is 11.1 Å². The molecule has 0 heterocycles. The van der Waals surface area contributed by atoms with Gasteiger partial charge in [-0.2, -0.15) is 0 Å². The van der Waals surface area contributed by atoms with E-state index < -0.39 is 8.32 Å². The number of aliphatic hydroxyl groups excluding tert-OH is 1. The summed E-state index contributed by atoms with van der Waals surface area (Å²) < 4.78 is 29.2. The lowest BCUT2D eigenvalue weighted by Crippen LogP contribution is -2.51. The normalized spacial score (nSPS) is 18.3. The SMILES string of the molecule is CCC1CCC(c2ccc(-c3ccc(CC(CO)OCc4ccccc4)c(O[Si](C(C)C)(C(C)C)C(C)C)c3)c(F)c2)CC1. The lowest BCUT2D eigenvalue weighted by molar-refractivity contribution is 0.00297. The Bertz CT molecular complexity index is 1290. The topological polar surface area (TPSA) is 38.7 Å². The molecule has 1 fully saturated rings. The molecule has 3 aromatic rings. The van der Waals surface area contributed by atoms with Crippen LogP contribution < -0.4 is 4.43 Å². The van der Waals surface area contributed by atoms with Crippen LogP contribution in [0.5, 0.6) is 5.75 Å². The molecule has 0 bridgehead atoms. The molecule has 3 nitrogen and oxygen atoms in total. The Morgan fingerprint density at radius 1 is 0.841 bits per heavy atom. The molecule has 1 unspecified atom stereocenters. The third-order valence-corrected chi connectivity index (χ3v) is 16.2. The number of hydrogen-bond donors (Lipinski definition) is 1. The molecule has 240 valence electrons. The van der Waals surface area contributed by atoms with Gasteiger partial charge < -0.3 is 14.3 Å². The van der Waals surface area contributed by atoms with Crippen molar-refractivity contribution in [1.82, 2.24) is 0 Å². The Morgan fingerprint density at radius 2 is 1.50 bits per heavy atom. The van der Waals surface area contributed by atoms with Crippen LogP contribution in [-0.4, -0.2) is 26.1 Å². The lowest BCUT2D eigenvalue weighted by Gasteiger charge is -2.43. The number of aliphatic hydroxyl groups is 1. The third kappa shape index (κ3) is 8.02. The second kappa shape index (κ2) is 15.7. The van der Waals surface area contributed by atoms with Crippen LogP contribution in [0.1, 0.15) is 103 Å². The summed E-state index contributed by atoms with van der Waals surface area (Å²) in [7, 11) is -2.31. The number of benzene rings is 3. The van der Waals surface area contributed by atoms with Gasteiger partial charge in [-0.25, -0.2) is 4.39 Å². The molecule has 1 atom stereocenters. The van der Waals surface area contributed by atoms with E-state index in [0.717, 1.165) is 46.8 Å². The summed E-state index contributed by atoms with van der Waals surface area (Å²) in [5, 5.41) is 10.3. The summed E-state index contributed by atoms with van der Waals surface area (Å²) in [6.45, 7) is 16.3. The molecule has 0 spiro atoms. The highest BCUT2D eigenvalue weighted by molar-refractivity contribution is 6.78. The Kier molecular flexibility index (Phi) is 12.3. The zero-order chi connectivity index (χ0) is 31.9. The molecule has 0 aromatic heterocycles. The van der Waals surface area contributed by atoms with E-state index >= 15 is 4.39 Å². The van der Waals surface area contributed by atoms with Gasteiger partial charge in [0, 0.05) is 12.0 Å². The highest BCUT2D eigenvalue weighted by Gasteiger charge is 2.47. The minimum atomic E-state index is -2.31. The van der Waals surface area contributed by atoms with Crippen molar-refractivity contribution in [3.8, 4) is 16.9 Å². The summed E-state index contributed by atoms with van der Waals surface area (Å²) in [6, 6.07) is 22.0. The number of ether oxygens (including phenoxy) is 1. The Morgan fingerprint density at radius 3 is 2.07 bits per heavy atom. The van der Waals surface area contributed by atoms with Gasteiger partial charge in [0.15, 0.2) is 0 Å². The highest BCUT2D eigenvalue weighted by atomic mass is 28.4. The van der Waals surface area contributed by atoms with Crippen LogP contribution in [-0.2, 0) is 17.8 Å². The number of rotatable bonds is 14. The molecular weight excluding hydrogens is 564 g/mol. The van der Waals surface area contributed by atoms with Crippen LogP contribution in [0.3, 0.4) is 0 Å². The van der Waals surface area contributed by atoms with Crippen molar-refractivity contribution in [2.24, 2.45) is 5.92 Å². The van der Waals surface area contributed by atoms with Gasteiger partial charge in [0.25, 0.3) is 8.32 Å². The van der Waals surface area contributed by atoms with Crippen LogP contribution in [0, 0.1) is 11.7 Å². The first-order valence-corrected chi connectivity index (χ1v) is 19.1. The quantitative estimate of drug-likeness (QED) is 0.183. The second-order valence-electron chi connectivity index (χ2n) is 13.9. The minimum Gasteiger partial charge on any atom is -0.542 e. The molecule has 4 rings (SSSR count). The van der Waals surface area contributed by atoms with Crippen LogP contribution in [0.15, 0.2) is 66.7 Å². The minimum absolute atomic E-state index is 0.0919. The average molecular weight is 619 g/mol. The maximum absolute atomic E-state index is 15.8. The van der Waals surface area contributed by atoms with Gasteiger partial charge in [-0.1, -0.05) is 109 Å². The summed E-state index contributed by atoms with van der Waals surface area (Å²) >= 11 is 0. The van der Waals surface area contributed by atoms with Crippen LogP contribution in [0.4, 0.5) is 4.39 Å². The molecule has 0 amide bonds. The second-order valence-corrected chi connectivity index (χ2v) is 19.3. The predicted molar refractivity (Wildman–Crippen MR) is 184 cm³/mol. The molecule has 1 aliphatic carbocycles. The first-order chi connectivity index (χ1) is 21.1. The van der Waals surface area contributed by atoms with E-state index in [-0.39, 0.29) is 18.5 Å². The zero-order valence-corrected chi connectivity index (χ0v) is 29.1. The van der Waals surface area contributed by atoms with Crippen molar-refractivity contribution in [2.75, 3.05) is 6.61 Å². The van der Waals surface area contributed by atoms with E-state index in [4.69, 9.17) is 9.16 Å². The highest BCUT2D eigenvalue weighted by Crippen LogP contribution is 2.45. The van der Waals surface area contributed by atoms with Gasteiger partial charge >= 0.3 is 0 Å². The summed E-state index contributed by atoms with van der Waals surface area (Å²) in [5.74, 6) is 1.90. The van der Waals surface area contributed by atoms with E-state index in [9.17, 15) is 5.11 Å². The van der Waals surface area contributed by atoms with E-state index in [1.165, 1.54) is 19.3 Å². The third-order valence-electron chi connectivity index (χ3n) is 10.2. The molecular formula is C39H55FO3Si. The fourth-order valence-electron chi connectivity index (χ4n) is 7.66. The average Bonchev–Trinajstić information content (AvgIpc) is 3.02.